The van der Waals surface area contributed by atoms with Crippen LogP contribution in [-0.4, -0.2) is 34.2 Å². The average molecular weight is 359 g/mol. The van der Waals surface area contributed by atoms with Crippen molar-refractivity contribution in [1.29, 1.82) is 0 Å². The zero-order valence-electron chi connectivity index (χ0n) is 11.2. The van der Waals surface area contributed by atoms with Crippen molar-refractivity contribution in [3.05, 3.63) is 34.3 Å². The SMILES string of the molecule is CC(NC(=O)N[C@@H](CC(=O)O)C(=O)O)c1ccc(Br)cc1. The Morgan fingerprint density at radius 2 is 1.71 bits per heavy atom. The highest BCUT2D eigenvalue weighted by Gasteiger charge is 2.23. The number of hydrogen-bond acceptors (Lipinski definition) is 3. The first-order valence-electron chi connectivity index (χ1n) is 6.06. The maximum atomic E-state index is 11.7. The topological polar surface area (TPSA) is 116 Å². The van der Waals surface area contributed by atoms with Gasteiger partial charge < -0.3 is 20.8 Å². The predicted octanol–water partition coefficient (Wildman–Crippen LogP) is 1.74. The smallest absolute Gasteiger partial charge is 0.326 e. The van der Waals surface area contributed by atoms with E-state index in [9.17, 15) is 14.4 Å². The van der Waals surface area contributed by atoms with Crippen LogP contribution < -0.4 is 10.6 Å². The quantitative estimate of drug-likeness (QED) is 0.618. The highest BCUT2D eigenvalue weighted by Crippen LogP contribution is 2.16. The number of carboxylic acids is 2. The van der Waals surface area contributed by atoms with Crippen LogP contribution in [-0.2, 0) is 9.59 Å². The molecule has 8 heteroatoms. The van der Waals surface area contributed by atoms with Gasteiger partial charge >= 0.3 is 18.0 Å². The van der Waals surface area contributed by atoms with Gasteiger partial charge in [-0.2, -0.15) is 0 Å². The van der Waals surface area contributed by atoms with E-state index in [0.29, 0.717) is 0 Å². The van der Waals surface area contributed by atoms with Crippen molar-refractivity contribution in [3.63, 3.8) is 0 Å². The predicted molar refractivity (Wildman–Crippen MR) is 77.9 cm³/mol. The first kappa shape index (κ1) is 17.0. The van der Waals surface area contributed by atoms with Gasteiger partial charge in [-0.1, -0.05) is 28.1 Å². The molecule has 0 radical (unpaired) electrons. The van der Waals surface area contributed by atoms with Crippen LogP contribution >= 0.6 is 15.9 Å². The molecule has 1 unspecified atom stereocenters. The summed E-state index contributed by atoms with van der Waals surface area (Å²) in [7, 11) is 0. The van der Waals surface area contributed by atoms with Crippen LogP contribution in [0.4, 0.5) is 4.79 Å². The molecule has 7 nitrogen and oxygen atoms in total. The Morgan fingerprint density at radius 1 is 1.14 bits per heavy atom. The molecule has 1 rings (SSSR count). The van der Waals surface area contributed by atoms with Gasteiger partial charge in [-0.25, -0.2) is 9.59 Å². The Kier molecular flexibility index (Phi) is 6.16. The normalized spacial score (nSPS) is 13.0. The standard InChI is InChI=1S/C13H15BrN2O5/c1-7(8-2-4-9(14)5-3-8)15-13(21)16-10(12(19)20)6-11(17)18/h2-5,7,10H,6H2,1H3,(H,17,18)(H,19,20)(H2,15,16,21)/t7?,10-/m0/s1. The summed E-state index contributed by atoms with van der Waals surface area (Å²) in [5, 5.41) is 22.1. The van der Waals surface area contributed by atoms with E-state index in [1.54, 1.807) is 19.1 Å². The third-order valence-corrected chi connectivity index (χ3v) is 3.23. The van der Waals surface area contributed by atoms with E-state index >= 15 is 0 Å². The van der Waals surface area contributed by atoms with Gasteiger partial charge in [-0.3, -0.25) is 4.79 Å². The number of hydrogen-bond donors (Lipinski definition) is 4. The third kappa shape index (κ3) is 5.82. The van der Waals surface area contributed by atoms with Crippen LogP contribution in [0.3, 0.4) is 0 Å². The highest BCUT2D eigenvalue weighted by atomic mass is 79.9. The molecule has 0 bridgehead atoms. The summed E-state index contributed by atoms with van der Waals surface area (Å²) in [5.41, 5.74) is 0.832. The molecule has 2 atom stereocenters. The van der Waals surface area contributed by atoms with E-state index in [-0.39, 0.29) is 6.04 Å². The van der Waals surface area contributed by atoms with Crippen LogP contribution in [0, 0.1) is 0 Å². The summed E-state index contributed by atoms with van der Waals surface area (Å²) in [6.07, 6.45) is -0.685. The van der Waals surface area contributed by atoms with Crippen molar-refractivity contribution >= 4 is 33.9 Å². The van der Waals surface area contributed by atoms with E-state index in [2.05, 4.69) is 26.6 Å². The molecule has 1 aromatic carbocycles. The van der Waals surface area contributed by atoms with Gasteiger partial charge in [0.05, 0.1) is 12.5 Å². The number of rotatable bonds is 6. The first-order chi connectivity index (χ1) is 9.79. The zero-order chi connectivity index (χ0) is 16.0. The number of benzene rings is 1. The largest absolute Gasteiger partial charge is 0.481 e. The van der Waals surface area contributed by atoms with Gasteiger partial charge in [0.2, 0.25) is 0 Å². The monoisotopic (exact) mass is 358 g/mol. The molecule has 0 aliphatic carbocycles. The van der Waals surface area contributed by atoms with Gasteiger partial charge in [-0.15, -0.1) is 0 Å². The molecule has 21 heavy (non-hydrogen) atoms. The third-order valence-electron chi connectivity index (χ3n) is 2.70. The maximum Gasteiger partial charge on any atom is 0.326 e. The number of nitrogens with one attached hydrogen (secondary N) is 2. The molecule has 0 spiro atoms. The van der Waals surface area contributed by atoms with E-state index in [1.807, 2.05) is 12.1 Å². The minimum absolute atomic E-state index is 0.350. The Hall–Kier alpha value is -2.09. The maximum absolute atomic E-state index is 11.7. The molecule has 2 amide bonds. The number of carbonyl (C=O) groups excluding carboxylic acids is 1. The van der Waals surface area contributed by atoms with Crippen LogP contribution in [0.2, 0.25) is 0 Å². The molecule has 0 aliphatic rings. The number of carboxylic acid groups (broad SMARTS) is 2. The summed E-state index contributed by atoms with van der Waals surface area (Å²) >= 11 is 3.30. The number of halogens is 1. The zero-order valence-corrected chi connectivity index (χ0v) is 12.8. The van der Waals surface area contributed by atoms with Crippen molar-refractivity contribution in [2.75, 3.05) is 0 Å². The second-order valence-electron chi connectivity index (χ2n) is 4.38. The molecule has 0 aliphatic heterocycles. The lowest BCUT2D eigenvalue weighted by Crippen LogP contribution is -2.47. The highest BCUT2D eigenvalue weighted by molar-refractivity contribution is 9.10. The van der Waals surface area contributed by atoms with Crippen LogP contribution in [0.15, 0.2) is 28.7 Å². The lowest BCUT2D eigenvalue weighted by atomic mass is 10.1. The minimum atomic E-state index is -1.47. The molecular formula is C13H15BrN2O5. The van der Waals surface area contributed by atoms with Crippen molar-refractivity contribution in [2.45, 2.75) is 25.4 Å². The summed E-state index contributed by atoms with van der Waals surface area (Å²) in [6.45, 7) is 1.73. The minimum Gasteiger partial charge on any atom is -0.481 e. The summed E-state index contributed by atoms with van der Waals surface area (Å²) in [5.74, 6) is -2.70. The second-order valence-corrected chi connectivity index (χ2v) is 5.30. The molecule has 0 fully saturated rings. The van der Waals surface area contributed by atoms with E-state index in [0.717, 1.165) is 10.0 Å². The van der Waals surface area contributed by atoms with Crippen LogP contribution in [0.1, 0.15) is 24.9 Å². The van der Waals surface area contributed by atoms with E-state index in [1.165, 1.54) is 0 Å². The first-order valence-corrected chi connectivity index (χ1v) is 6.86. The molecule has 114 valence electrons. The Bertz CT molecular complexity index is 532. The fraction of sp³-hybridized carbons (Fsp3) is 0.308. The Balaban J connectivity index is 2.61. The number of urea groups is 1. The lowest BCUT2D eigenvalue weighted by Gasteiger charge is -2.17. The second kappa shape index (κ2) is 7.63. The fourth-order valence-corrected chi connectivity index (χ4v) is 1.87. The lowest BCUT2D eigenvalue weighted by molar-refractivity contribution is -0.145. The van der Waals surface area contributed by atoms with Crippen molar-refractivity contribution in [1.82, 2.24) is 10.6 Å². The average Bonchev–Trinajstić information content (AvgIpc) is 2.37. The molecule has 0 saturated carbocycles. The van der Waals surface area contributed by atoms with Gasteiger partial charge in [0.25, 0.3) is 0 Å². The van der Waals surface area contributed by atoms with Crippen LogP contribution in [0.25, 0.3) is 0 Å². The summed E-state index contributed by atoms with van der Waals surface area (Å²) in [4.78, 5) is 33.1. The van der Waals surface area contributed by atoms with Gasteiger partial charge in [0.1, 0.15) is 6.04 Å². The van der Waals surface area contributed by atoms with Crippen LogP contribution in [0.5, 0.6) is 0 Å². The number of aliphatic carboxylic acids is 2. The van der Waals surface area contributed by atoms with Crippen molar-refractivity contribution in [2.24, 2.45) is 0 Å². The molecule has 4 N–H and O–H groups in total. The van der Waals surface area contributed by atoms with E-state index in [4.69, 9.17) is 10.2 Å². The number of carbonyl (C=O) groups is 3. The Labute approximate surface area is 129 Å². The van der Waals surface area contributed by atoms with Gasteiger partial charge in [0.15, 0.2) is 0 Å². The molecule has 0 heterocycles. The van der Waals surface area contributed by atoms with Crippen molar-refractivity contribution < 1.29 is 24.6 Å². The van der Waals surface area contributed by atoms with E-state index < -0.39 is 30.4 Å². The van der Waals surface area contributed by atoms with Gasteiger partial charge in [0, 0.05) is 4.47 Å². The molecular weight excluding hydrogens is 344 g/mol. The fourth-order valence-electron chi connectivity index (χ4n) is 1.61. The molecule has 1 aromatic rings. The number of amides is 2. The van der Waals surface area contributed by atoms with Crippen molar-refractivity contribution in [3.8, 4) is 0 Å². The summed E-state index contributed by atoms with van der Waals surface area (Å²) in [6, 6.07) is 4.68. The summed E-state index contributed by atoms with van der Waals surface area (Å²) < 4.78 is 0.898. The van der Waals surface area contributed by atoms with Gasteiger partial charge in [-0.05, 0) is 24.6 Å². The Morgan fingerprint density at radius 3 is 2.19 bits per heavy atom. The molecule has 0 aromatic heterocycles. The molecule has 0 saturated heterocycles.